The Hall–Kier alpha value is -4.74. The zero-order valence-electron chi connectivity index (χ0n) is 31.5. The van der Waals surface area contributed by atoms with E-state index in [-0.39, 0.29) is 18.7 Å². The van der Waals surface area contributed by atoms with Gasteiger partial charge in [0.15, 0.2) is 5.25 Å². The van der Waals surface area contributed by atoms with Crippen LogP contribution in [-0.2, 0) is 32.5 Å². The standard InChI is InChI=1S/C43H54N6O4S/c1-48(2)30-34-16-14-33(15-17-34)29-45-41(44)36-20-18-32(19-21-36)26-39(43(51)49-24-8-9-25-49)46-42(50)40(27-31-10-4-3-5-11-31)54(52,53)47-38-23-22-35-12-6-7-13-37(35)28-38/h3-7,10-13,18-23,28,33-34,39-40,47H,8-9,14-17,24-27,29-30H2,1-2H3,(H2,44,45)(H,46,50). The van der Waals surface area contributed by atoms with Crippen LogP contribution in [0.1, 0.15) is 55.2 Å². The van der Waals surface area contributed by atoms with Gasteiger partial charge in [0.05, 0.1) is 0 Å². The van der Waals surface area contributed by atoms with Gasteiger partial charge in [0, 0.05) is 43.9 Å². The second kappa shape index (κ2) is 18.1. The molecule has 1 saturated carbocycles. The molecule has 54 heavy (non-hydrogen) atoms. The molecular formula is C43H54N6O4S. The summed E-state index contributed by atoms with van der Waals surface area (Å²) in [4.78, 5) is 36.9. The summed E-state index contributed by atoms with van der Waals surface area (Å²) in [6.45, 7) is 3.05. The van der Waals surface area contributed by atoms with Crippen molar-refractivity contribution in [2.24, 2.45) is 22.6 Å². The number of benzene rings is 4. The average molecular weight is 751 g/mol. The number of nitrogens with zero attached hydrogens (tertiary/aromatic N) is 3. The lowest BCUT2D eigenvalue weighted by molar-refractivity contribution is -0.135. The molecule has 6 rings (SSSR count). The van der Waals surface area contributed by atoms with Gasteiger partial charge < -0.3 is 20.9 Å². The number of hydrogen-bond donors (Lipinski definition) is 3. The van der Waals surface area contributed by atoms with E-state index in [0.29, 0.717) is 42.6 Å². The Labute approximate surface area is 320 Å². The molecule has 4 aromatic carbocycles. The van der Waals surface area contributed by atoms with E-state index in [0.717, 1.165) is 47.2 Å². The number of carbonyl (C=O) groups excluding carboxylic acids is 2. The van der Waals surface area contributed by atoms with Crippen LogP contribution in [0.5, 0.6) is 0 Å². The topological polar surface area (TPSA) is 137 Å². The van der Waals surface area contributed by atoms with Crippen molar-refractivity contribution in [3.8, 4) is 0 Å². The van der Waals surface area contributed by atoms with Gasteiger partial charge in [0.1, 0.15) is 11.9 Å². The molecule has 0 aromatic heterocycles. The minimum Gasteiger partial charge on any atom is -0.384 e. The molecule has 2 aliphatic rings. The van der Waals surface area contributed by atoms with Gasteiger partial charge in [-0.25, -0.2) is 8.42 Å². The second-order valence-corrected chi connectivity index (χ2v) is 17.1. The van der Waals surface area contributed by atoms with Crippen LogP contribution in [0.3, 0.4) is 0 Å². The van der Waals surface area contributed by atoms with Crippen LogP contribution in [0.2, 0.25) is 0 Å². The molecule has 2 fully saturated rings. The minimum absolute atomic E-state index is 0.0644. The Kier molecular flexibility index (Phi) is 13.0. The summed E-state index contributed by atoms with van der Waals surface area (Å²) in [6.07, 6.45) is 6.69. The van der Waals surface area contributed by atoms with E-state index in [2.05, 4.69) is 29.0 Å². The Morgan fingerprint density at radius 1 is 0.815 bits per heavy atom. The second-order valence-electron chi connectivity index (χ2n) is 15.3. The lowest BCUT2D eigenvalue weighted by Crippen LogP contribution is -2.53. The van der Waals surface area contributed by atoms with Gasteiger partial charge in [-0.15, -0.1) is 0 Å². The van der Waals surface area contributed by atoms with Crippen molar-refractivity contribution in [3.63, 3.8) is 0 Å². The van der Waals surface area contributed by atoms with Gasteiger partial charge in [-0.05, 0) is 105 Å². The fourth-order valence-electron chi connectivity index (χ4n) is 7.76. The Balaban J connectivity index is 1.17. The molecule has 1 heterocycles. The minimum atomic E-state index is -4.26. The van der Waals surface area contributed by atoms with Gasteiger partial charge in [-0.2, -0.15) is 0 Å². The van der Waals surface area contributed by atoms with Crippen LogP contribution in [0, 0.1) is 11.8 Å². The van der Waals surface area contributed by atoms with Crippen LogP contribution >= 0.6 is 0 Å². The van der Waals surface area contributed by atoms with E-state index in [4.69, 9.17) is 10.7 Å². The maximum Gasteiger partial charge on any atom is 0.245 e. The molecule has 286 valence electrons. The van der Waals surface area contributed by atoms with Gasteiger partial charge >= 0.3 is 0 Å². The number of aliphatic imine (C=N–C) groups is 1. The highest BCUT2D eigenvalue weighted by molar-refractivity contribution is 7.94. The largest absolute Gasteiger partial charge is 0.384 e. The molecule has 0 radical (unpaired) electrons. The maximum absolute atomic E-state index is 14.2. The number of rotatable bonds is 15. The number of sulfonamides is 1. The van der Waals surface area contributed by atoms with Gasteiger partial charge in [0.2, 0.25) is 21.8 Å². The monoisotopic (exact) mass is 750 g/mol. The molecule has 2 unspecified atom stereocenters. The zero-order valence-corrected chi connectivity index (χ0v) is 32.3. The highest BCUT2D eigenvalue weighted by atomic mass is 32.2. The van der Waals surface area contributed by atoms with E-state index in [1.807, 2.05) is 72.8 Å². The summed E-state index contributed by atoms with van der Waals surface area (Å²) in [5.74, 6) is 0.836. The first kappa shape index (κ1) is 39.0. The van der Waals surface area contributed by atoms with E-state index in [1.54, 1.807) is 29.2 Å². The number of carbonyl (C=O) groups is 2. The van der Waals surface area contributed by atoms with E-state index in [9.17, 15) is 18.0 Å². The predicted molar refractivity (Wildman–Crippen MR) is 218 cm³/mol. The van der Waals surface area contributed by atoms with E-state index in [1.165, 1.54) is 25.7 Å². The quantitative estimate of drug-likeness (QED) is 0.107. The number of nitrogens with one attached hydrogen (secondary N) is 2. The van der Waals surface area contributed by atoms with Crippen molar-refractivity contribution in [1.82, 2.24) is 15.1 Å². The SMILES string of the molecule is CN(C)CC1CCC(CN=C(N)c2ccc(CC(NC(=O)C(Cc3ccccc3)S(=O)(=O)Nc3ccc4ccccc4c3)C(=O)N3CCCC3)cc2)CC1. The predicted octanol–water partition coefficient (Wildman–Crippen LogP) is 5.62. The molecule has 4 aromatic rings. The molecule has 0 bridgehead atoms. The molecule has 2 atom stereocenters. The molecule has 4 N–H and O–H groups in total. The van der Waals surface area contributed by atoms with Gasteiger partial charge in [-0.1, -0.05) is 84.9 Å². The number of likely N-dealkylation sites (tertiary alicyclic amines) is 1. The van der Waals surface area contributed by atoms with Crippen molar-refractivity contribution < 1.29 is 18.0 Å². The lowest BCUT2D eigenvalue weighted by Gasteiger charge is -2.29. The van der Waals surface area contributed by atoms with Crippen molar-refractivity contribution in [1.29, 1.82) is 0 Å². The van der Waals surface area contributed by atoms with Crippen molar-refractivity contribution in [2.75, 3.05) is 45.0 Å². The average Bonchev–Trinajstić information content (AvgIpc) is 3.72. The van der Waals surface area contributed by atoms with Crippen molar-refractivity contribution >= 4 is 44.1 Å². The van der Waals surface area contributed by atoms with E-state index < -0.39 is 27.2 Å². The van der Waals surface area contributed by atoms with Crippen molar-refractivity contribution in [3.05, 3.63) is 114 Å². The summed E-state index contributed by atoms with van der Waals surface area (Å²) < 4.78 is 30.8. The number of fused-ring (bicyclic) bond motifs is 1. The van der Waals surface area contributed by atoms with Crippen LogP contribution in [0.15, 0.2) is 102 Å². The molecule has 1 aliphatic carbocycles. The molecule has 2 amide bonds. The number of nitrogens with two attached hydrogens (primary N) is 1. The third-order valence-corrected chi connectivity index (χ3v) is 12.4. The molecule has 10 nitrogen and oxygen atoms in total. The lowest BCUT2D eigenvalue weighted by atomic mass is 9.82. The number of amides is 2. The highest BCUT2D eigenvalue weighted by Gasteiger charge is 2.37. The number of amidine groups is 1. The van der Waals surface area contributed by atoms with Gasteiger partial charge in [-0.3, -0.25) is 19.3 Å². The Morgan fingerprint density at radius 3 is 2.13 bits per heavy atom. The normalized spacial score (nSPS) is 19.1. The Morgan fingerprint density at radius 2 is 1.44 bits per heavy atom. The highest BCUT2D eigenvalue weighted by Crippen LogP contribution is 2.29. The van der Waals surface area contributed by atoms with Gasteiger partial charge in [0.25, 0.3) is 0 Å². The molecule has 1 aliphatic heterocycles. The van der Waals surface area contributed by atoms with Crippen LogP contribution < -0.4 is 15.8 Å². The van der Waals surface area contributed by atoms with Crippen LogP contribution in [0.4, 0.5) is 5.69 Å². The summed E-state index contributed by atoms with van der Waals surface area (Å²) in [5, 5.41) is 3.23. The summed E-state index contributed by atoms with van der Waals surface area (Å²) in [6, 6.07) is 28.7. The summed E-state index contributed by atoms with van der Waals surface area (Å²) >= 11 is 0. The fraction of sp³-hybridized carbons (Fsp3) is 0.419. The first-order valence-corrected chi connectivity index (χ1v) is 20.8. The van der Waals surface area contributed by atoms with Crippen molar-refractivity contribution in [2.45, 2.75) is 62.7 Å². The van der Waals surface area contributed by atoms with Crippen LogP contribution in [0.25, 0.3) is 10.8 Å². The summed E-state index contributed by atoms with van der Waals surface area (Å²) in [7, 11) is 0.00493. The number of anilines is 1. The molecule has 0 spiro atoms. The maximum atomic E-state index is 14.2. The molecular weight excluding hydrogens is 697 g/mol. The molecule has 1 saturated heterocycles. The molecule has 11 heteroatoms. The third-order valence-electron chi connectivity index (χ3n) is 10.8. The first-order chi connectivity index (χ1) is 26.0. The zero-order chi connectivity index (χ0) is 38.1. The van der Waals surface area contributed by atoms with Crippen LogP contribution in [-0.4, -0.2) is 87.4 Å². The smallest absolute Gasteiger partial charge is 0.245 e. The van der Waals surface area contributed by atoms with E-state index >= 15 is 0 Å². The fourth-order valence-corrected chi connectivity index (χ4v) is 9.12. The number of hydrogen-bond acceptors (Lipinski definition) is 6. The summed E-state index contributed by atoms with van der Waals surface area (Å²) in [5.41, 5.74) is 9.11. The Bertz CT molecular complexity index is 2000. The first-order valence-electron chi connectivity index (χ1n) is 19.2. The third kappa shape index (κ3) is 10.5.